The fourth-order valence-electron chi connectivity index (χ4n) is 2.99. The summed E-state index contributed by atoms with van der Waals surface area (Å²) in [4.78, 5) is 1.91. The zero-order valence-electron chi connectivity index (χ0n) is 12.5. The Morgan fingerprint density at radius 2 is 1.95 bits per heavy atom. The maximum absolute atomic E-state index is 14.0. The van der Waals surface area contributed by atoms with Gasteiger partial charge in [-0.05, 0) is 30.9 Å². The number of hydrogen-bond acceptors (Lipinski definition) is 2. The highest BCUT2D eigenvalue weighted by Crippen LogP contribution is 2.28. The summed E-state index contributed by atoms with van der Waals surface area (Å²) in [5.41, 5.74) is 0.134. The summed E-state index contributed by atoms with van der Waals surface area (Å²) in [6, 6.07) is 4.53. The molecule has 0 aliphatic carbocycles. The summed E-state index contributed by atoms with van der Waals surface area (Å²) in [6.07, 6.45) is 1.89. The van der Waals surface area contributed by atoms with Crippen LogP contribution in [-0.4, -0.2) is 25.2 Å². The predicted molar refractivity (Wildman–Crippen MR) is 79.0 cm³/mol. The van der Waals surface area contributed by atoms with E-state index in [1.165, 1.54) is 18.2 Å². The van der Waals surface area contributed by atoms with Gasteiger partial charge in [0.2, 0.25) is 0 Å². The van der Waals surface area contributed by atoms with Crippen molar-refractivity contribution in [3.63, 3.8) is 0 Å². The highest BCUT2D eigenvalue weighted by atomic mass is 19.1. The molecular weight excluding hydrogens is 258 g/mol. The van der Waals surface area contributed by atoms with Crippen molar-refractivity contribution < 1.29 is 8.78 Å². The van der Waals surface area contributed by atoms with Crippen LogP contribution in [0.25, 0.3) is 0 Å². The predicted octanol–water partition coefficient (Wildman–Crippen LogP) is 3.57. The van der Waals surface area contributed by atoms with Crippen LogP contribution in [0.3, 0.4) is 0 Å². The lowest BCUT2D eigenvalue weighted by Crippen LogP contribution is -2.57. The van der Waals surface area contributed by atoms with Crippen molar-refractivity contribution >= 4 is 5.69 Å². The second-order valence-electron chi connectivity index (χ2n) is 6.02. The van der Waals surface area contributed by atoms with Crippen LogP contribution >= 0.6 is 0 Å². The van der Waals surface area contributed by atoms with Gasteiger partial charge in [-0.2, -0.15) is 0 Å². The van der Waals surface area contributed by atoms with Crippen LogP contribution < -0.4 is 10.2 Å². The number of nitrogens with zero attached hydrogens (tertiary/aromatic N) is 1. The van der Waals surface area contributed by atoms with E-state index in [1.807, 2.05) is 4.90 Å². The maximum Gasteiger partial charge on any atom is 0.149 e. The number of anilines is 1. The Morgan fingerprint density at radius 1 is 1.30 bits per heavy atom. The van der Waals surface area contributed by atoms with Gasteiger partial charge in [-0.25, -0.2) is 8.78 Å². The average Bonchev–Trinajstić information content (AvgIpc) is 2.38. The summed E-state index contributed by atoms with van der Waals surface area (Å²) in [5, 5.41) is 3.50. The van der Waals surface area contributed by atoms with Gasteiger partial charge in [-0.1, -0.05) is 26.8 Å². The third-order valence-corrected chi connectivity index (χ3v) is 3.95. The van der Waals surface area contributed by atoms with Gasteiger partial charge >= 0.3 is 0 Å². The first-order valence-electron chi connectivity index (χ1n) is 7.47. The largest absolute Gasteiger partial charge is 0.361 e. The second kappa shape index (κ2) is 6.53. The molecule has 0 saturated carbocycles. The number of piperazine rings is 1. The first-order valence-corrected chi connectivity index (χ1v) is 7.47. The quantitative estimate of drug-likeness (QED) is 0.908. The van der Waals surface area contributed by atoms with Crippen molar-refractivity contribution in [2.45, 2.75) is 45.7 Å². The molecule has 0 aromatic heterocycles. The monoisotopic (exact) mass is 282 g/mol. The molecule has 1 saturated heterocycles. The lowest BCUT2D eigenvalue weighted by Gasteiger charge is -2.42. The van der Waals surface area contributed by atoms with Crippen LogP contribution in [0.15, 0.2) is 18.2 Å². The Kier molecular flexibility index (Phi) is 4.97. The van der Waals surface area contributed by atoms with Gasteiger partial charge in [0.15, 0.2) is 0 Å². The van der Waals surface area contributed by atoms with Gasteiger partial charge in [0.05, 0.1) is 0 Å². The topological polar surface area (TPSA) is 15.3 Å². The number of nitrogens with one attached hydrogen (secondary N) is 1. The zero-order chi connectivity index (χ0) is 14.7. The highest BCUT2D eigenvalue weighted by Gasteiger charge is 2.30. The molecule has 20 heavy (non-hydrogen) atoms. The molecule has 0 bridgehead atoms. The van der Waals surface area contributed by atoms with Gasteiger partial charge in [0, 0.05) is 25.2 Å². The standard InChI is InChI=1S/C16H24F2N2/c1-4-13-9-19-12(8-11(2)3)10-20(13)16-14(17)6-5-7-15(16)18/h5-7,11-13,19H,4,8-10H2,1-3H3. The van der Waals surface area contributed by atoms with Crippen LogP contribution in [0.5, 0.6) is 0 Å². The molecule has 1 aromatic carbocycles. The molecule has 2 nitrogen and oxygen atoms in total. The summed E-state index contributed by atoms with van der Waals surface area (Å²) >= 11 is 0. The molecular formula is C16H24F2N2. The van der Waals surface area contributed by atoms with E-state index in [9.17, 15) is 8.78 Å². The molecule has 112 valence electrons. The summed E-state index contributed by atoms with van der Waals surface area (Å²) < 4.78 is 28.1. The minimum atomic E-state index is -0.464. The minimum absolute atomic E-state index is 0.134. The number of hydrogen-bond donors (Lipinski definition) is 1. The molecule has 1 fully saturated rings. The van der Waals surface area contributed by atoms with Gasteiger partial charge in [-0.15, -0.1) is 0 Å². The van der Waals surface area contributed by atoms with E-state index in [0.29, 0.717) is 12.5 Å². The number of benzene rings is 1. The van der Waals surface area contributed by atoms with E-state index in [2.05, 4.69) is 26.1 Å². The molecule has 0 spiro atoms. The van der Waals surface area contributed by atoms with Crippen molar-refractivity contribution in [2.24, 2.45) is 5.92 Å². The third-order valence-electron chi connectivity index (χ3n) is 3.95. The Hall–Kier alpha value is -1.16. The molecule has 2 unspecified atom stereocenters. The molecule has 1 aliphatic rings. The first kappa shape index (κ1) is 15.2. The number of halogens is 2. The maximum atomic E-state index is 14.0. The van der Waals surface area contributed by atoms with E-state index in [1.54, 1.807) is 0 Å². The molecule has 1 aromatic rings. The molecule has 0 radical (unpaired) electrons. The molecule has 1 N–H and O–H groups in total. The van der Waals surface area contributed by atoms with Crippen molar-refractivity contribution in [1.29, 1.82) is 0 Å². The van der Waals surface area contributed by atoms with Crippen molar-refractivity contribution in [3.8, 4) is 0 Å². The van der Waals surface area contributed by atoms with Crippen molar-refractivity contribution in [2.75, 3.05) is 18.0 Å². The van der Waals surface area contributed by atoms with Crippen LogP contribution in [0.1, 0.15) is 33.6 Å². The van der Waals surface area contributed by atoms with Gasteiger partial charge in [0.25, 0.3) is 0 Å². The fraction of sp³-hybridized carbons (Fsp3) is 0.625. The van der Waals surface area contributed by atoms with Crippen LogP contribution in [0, 0.1) is 17.6 Å². The average molecular weight is 282 g/mol. The molecule has 1 aliphatic heterocycles. The van der Waals surface area contributed by atoms with Crippen LogP contribution in [0.2, 0.25) is 0 Å². The smallest absolute Gasteiger partial charge is 0.149 e. The Labute approximate surface area is 120 Å². The van der Waals surface area contributed by atoms with Gasteiger partial charge in [0.1, 0.15) is 17.3 Å². The van der Waals surface area contributed by atoms with E-state index < -0.39 is 11.6 Å². The third kappa shape index (κ3) is 3.29. The summed E-state index contributed by atoms with van der Waals surface area (Å²) in [5.74, 6) is -0.361. The molecule has 1 heterocycles. The first-order chi connectivity index (χ1) is 9.52. The number of para-hydroxylation sites is 1. The van der Waals surface area contributed by atoms with Crippen LogP contribution in [-0.2, 0) is 0 Å². The zero-order valence-corrected chi connectivity index (χ0v) is 12.5. The fourth-order valence-corrected chi connectivity index (χ4v) is 2.99. The molecule has 4 heteroatoms. The van der Waals surface area contributed by atoms with Gasteiger partial charge in [-0.3, -0.25) is 0 Å². The van der Waals surface area contributed by atoms with E-state index >= 15 is 0 Å². The minimum Gasteiger partial charge on any atom is -0.361 e. The number of rotatable bonds is 4. The highest BCUT2D eigenvalue weighted by molar-refractivity contribution is 5.51. The summed E-state index contributed by atoms with van der Waals surface area (Å²) in [7, 11) is 0. The Bertz CT molecular complexity index is 428. The van der Waals surface area contributed by atoms with Crippen molar-refractivity contribution in [1.82, 2.24) is 5.32 Å². The van der Waals surface area contributed by atoms with Crippen molar-refractivity contribution in [3.05, 3.63) is 29.8 Å². The Balaban J connectivity index is 2.25. The molecule has 2 rings (SSSR count). The lowest BCUT2D eigenvalue weighted by atomic mass is 9.98. The molecule has 2 atom stereocenters. The SMILES string of the molecule is CCC1CNC(CC(C)C)CN1c1c(F)cccc1F. The normalized spacial score (nSPS) is 23.4. The second-order valence-corrected chi connectivity index (χ2v) is 6.02. The molecule has 0 amide bonds. The summed E-state index contributed by atoms with van der Waals surface area (Å²) in [6.45, 7) is 7.83. The lowest BCUT2D eigenvalue weighted by molar-refractivity contribution is 0.338. The van der Waals surface area contributed by atoms with E-state index in [0.717, 1.165) is 19.4 Å². The van der Waals surface area contributed by atoms with Crippen LogP contribution in [0.4, 0.5) is 14.5 Å². The van der Waals surface area contributed by atoms with E-state index in [4.69, 9.17) is 0 Å². The van der Waals surface area contributed by atoms with E-state index in [-0.39, 0.29) is 17.8 Å². The van der Waals surface area contributed by atoms with Gasteiger partial charge < -0.3 is 10.2 Å². The Morgan fingerprint density at radius 3 is 2.50 bits per heavy atom.